The van der Waals surface area contributed by atoms with E-state index in [0.29, 0.717) is 5.56 Å². The molecule has 0 saturated heterocycles. The largest absolute Gasteiger partial charge is 0.467 e. The lowest BCUT2D eigenvalue weighted by Crippen LogP contribution is -2.55. The Kier molecular flexibility index (Phi) is 6.17. The highest BCUT2D eigenvalue weighted by Crippen LogP contribution is 2.42. The molecule has 1 rings (SSSR count). The molecule has 10 heteroatoms. The van der Waals surface area contributed by atoms with Crippen LogP contribution in [0.1, 0.15) is 5.56 Å². The second-order valence-electron chi connectivity index (χ2n) is 4.45. The fourth-order valence-corrected chi connectivity index (χ4v) is 1.48. The molecular formula is C14H9F8NO. The van der Waals surface area contributed by atoms with E-state index in [9.17, 15) is 35.1 Å². The highest BCUT2D eigenvalue weighted by molar-refractivity contribution is 5.52. The average molecular weight is 359 g/mol. The van der Waals surface area contributed by atoms with Crippen LogP contribution in [-0.4, -0.2) is 30.8 Å². The number of hydrogen-bond acceptors (Lipinski definition) is 2. The maximum atomic E-state index is 13.4. The summed E-state index contributed by atoms with van der Waals surface area (Å²) in [4.78, 5) is 0. The quantitative estimate of drug-likeness (QED) is 0.519. The highest BCUT2D eigenvalue weighted by Gasteiger charge is 2.68. The molecule has 24 heavy (non-hydrogen) atoms. The fraction of sp³-hybridized carbons (Fsp3) is 0.357. The van der Waals surface area contributed by atoms with E-state index in [1.54, 1.807) is 6.07 Å². The number of rotatable bonds is 7. The first-order chi connectivity index (χ1) is 11.0. The molecule has 132 valence electrons. The lowest BCUT2D eigenvalue weighted by atomic mass is 10.1. The van der Waals surface area contributed by atoms with E-state index < -0.39 is 36.5 Å². The summed E-state index contributed by atoms with van der Waals surface area (Å²) in [5.41, 5.74) is 0.337. The van der Waals surface area contributed by atoms with Gasteiger partial charge in [0.05, 0.1) is 6.07 Å². The maximum Gasteiger partial charge on any atom is 0.467 e. The Morgan fingerprint density at radius 2 is 1.54 bits per heavy atom. The van der Waals surface area contributed by atoms with Gasteiger partial charge in [0.2, 0.25) is 6.17 Å². The third kappa shape index (κ3) is 4.37. The van der Waals surface area contributed by atoms with E-state index in [-0.39, 0.29) is 0 Å². The van der Waals surface area contributed by atoms with Crippen molar-refractivity contribution in [3.8, 4) is 11.8 Å². The van der Waals surface area contributed by atoms with Gasteiger partial charge < -0.3 is 4.74 Å². The second kappa shape index (κ2) is 7.51. The number of alkyl halides is 8. The van der Waals surface area contributed by atoms with Crippen LogP contribution >= 0.6 is 0 Å². The van der Waals surface area contributed by atoms with Gasteiger partial charge in [0, 0.05) is 6.08 Å². The molecule has 0 amide bonds. The van der Waals surface area contributed by atoms with Crippen LogP contribution in [0, 0.1) is 11.3 Å². The molecule has 0 radical (unpaired) electrons. The van der Waals surface area contributed by atoms with Crippen LogP contribution in [0.5, 0.6) is 5.75 Å². The van der Waals surface area contributed by atoms with E-state index in [2.05, 4.69) is 4.74 Å². The number of allylic oxidation sites excluding steroid dienone is 1. The molecule has 1 aromatic rings. The smallest absolute Gasteiger partial charge is 0.428 e. The van der Waals surface area contributed by atoms with Crippen molar-refractivity contribution in [2.75, 3.05) is 0 Å². The van der Waals surface area contributed by atoms with E-state index >= 15 is 0 Å². The van der Waals surface area contributed by atoms with E-state index in [1.165, 1.54) is 6.08 Å². The van der Waals surface area contributed by atoms with Crippen LogP contribution in [0.4, 0.5) is 35.1 Å². The van der Waals surface area contributed by atoms with Crippen LogP contribution in [0.3, 0.4) is 0 Å². The van der Waals surface area contributed by atoms with Gasteiger partial charge in [-0.25, -0.2) is 17.6 Å². The van der Waals surface area contributed by atoms with Crippen molar-refractivity contribution in [3.05, 3.63) is 35.9 Å². The van der Waals surface area contributed by atoms with Crippen molar-refractivity contribution >= 4 is 6.08 Å². The average Bonchev–Trinajstić information content (AvgIpc) is 2.52. The Labute approximate surface area is 130 Å². The van der Waals surface area contributed by atoms with Crippen molar-refractivity contribution in [1.82, 2.24) is 0 Å². The molecule has 0 aliphatic carbocycles. The highest BCUT2D eigenvalue weighted by atomic mass is 19.3. The summed E-state index contributed by atoms with van der Waals surface area (Å²) in [6, 6.07) is 5.48. The summed E-state index contributed by atoms with van der Waals surface area (Å²) in [5.74, 6) is -6.67. The number of ether oxygens (including phenoxy) is 1. The van der Waals surface area contributed by atoms with Crippen molar-refractivity contribution in [1.29, 1.82) is 5.26 Å². The monoisotopic (exact) mass is 359 g/mol. The third-order valence-electron chi connectivity index (χ3n) is 2.73. The van der Waals surface area contributed by atoms with Crippen molar-refractivity contribution < 1.29 is 39.9 Å². The SMILES string of the molecule is N#CC=Cc1ccc(OC(F)(F)C(F)(F)C(F)C(F)C(F)F)cc1. The van der Waals surface area contributed by atoms with E-state index in [0.717, 1.165) is 30.3 Å². The van der Waals surface area contributed by atoms with E-state index in [4.69, 9.17) is 5.26 Å². The summed E-state index contributed by atoms with van der Waals surface area (Å²) < 4.78 is 106. The lowest BCUT2D eigenvalue weighted by molar-refractivity contribution is -0.335. The maximum absolute atomic E-state index is 13.4. The molecule has 2 unspecified atom stereocenters. The number of halogens is 8. The first kappa shape index (κ1) is 19.7. The molecule has 0 fully saturated rings. The van der Waals surface area contributed by atoms with Gasteiger partial charge in [-0.1, -0.05) is 12.1 Å². The van der Waals surface area contributed by atoms with Gasteiger partial charge in [0.15, 0.2) is 6.17 Å². The van der Waals surface area contributed by atoms with E-state index in [1.807, 2.05) is 0 Å². The van der Waals surface area contributed by atoms with Crippen LogP contribution in [0.25, 0.3) is 6.08 Å². The minimum absolute atomic E-state index is 0.337. The summed E-state index contributed by atoms with van der Waals surface area (Å²) in [7, 11) is 0. The number of benzene rings is 1. The topological polar surface area (TPSA) is 33.0 Å². The molecule has 0 N–H and O–H groups in total. The standard InChI is InChI=1S/C14H9F8NO/c15-10(12(17)18)11(16)13(19,20)14(21,22)24-9-5-3-8(4-6-9)2-1-7-23/h1-6,10-12H. The zero-order valence-corrected chi connectivity index (χ0v) is 11.6. The number of nitriles is 1. The van der Waals surface area contributed by atoms with Gasteiger partial charge in [0.1, 0.15) is 5.75 Å². The molecule has 0 aliphatic heterocycles. The summed E-state index contributed by atoms with van der Waals surface area (Å²) in [6.07, 6.45) is -16.0. The second-order valence-corrected chi connectivity index (χ2v) is 4.45. The molecule has 0 bridgehead atoms. The predicted molar refractivity (Wildman–Crippen MR) is 67.4 cm³/mol. The van der Waals surface area contributed by atoms with Gasteiger partial charge in [0.25, 0.3) is 6.43 Å². The number of nitrogens with zero attached hydrogens (tertiary/aromatic N) is 1. The molecule has 0 spiro atoms. The van der Waals surface area contributed by atoms with Crippen LogP contribution in [-0.2, 0) is 0 Å². The zero-order valence-electron chi connectivity index (χ0n) is 11.6. The molecule has 0 aromatic heterocycles. The summed E-state index contributed by atoms with van der Waals surface area (Å²) in [5, 5.41) is 8.30. The van der Waals surface area contributed by atoms with Crippen LogP contribution in [0.15, 0.2) is 30.3 Å². The Hall–Kier alpha value is -2.31. The van der Waals surface area contributed by atoms with Gasteiger partial charge in [-0.05, 0) is 23.8 Å². The lowest BCUT2D eigenvalue weighted by Gasteiger charge is -2.29. The normalized spacial score (nSPS) is 15.3. The van der Waals surface area contributed by atoms with Crippen molar-refractivity contribution in [2.45, 2.75) is 30.8 Å². The summed E-state index contributed by atoms with van der Waals surface area (Å²) >= 11 is 0. The van der Waals surface area contributed by atoms with Crippen molar-refractivity contribution in [3.63, 3.8) is 0 Å². The van der Waals surface area contributed by atoms with Crippen molar-refractivity contribution in [2.24, 2.45) is 0 Å². The molecule has 0 heterocycles. The molecule has 2 nitrogen and oxygen atoms in total. The molecular weight excluding hydrogens is 350 g/mol. The summed E-state index contributed by atoms with van der Waals surface area (Å²) in [6.45, 7) is 0. The minimum atomic E-state index is -5.83. The Balaban J connectivity index is 2.95. The van der Waals surface area contributed by atoms with Gasteiger partial charge >= 0.3 is 12.0 Å². The predicted octanol–water partition coefficient (Wildman–Crippen LogP) is 4.77. The van der Waals surface area contributed by atoms with Gasteiger partial charge in [-0.2, -0.15) is 22.8 Å². The van der Waals surface area contributed by atoms with Gasteiger partial charge in [-0.3, -0.25) is 0 Å². The Morgan fingerprint density at radius 1 is 1.00 bits per heavy atom. The zero-order chi connectivity index (χ0) is 18.5. The first-order valence-corrected chi connectivity index (χ1v) is 6.20. The molecule has 2 atom stereocenters. The Bertz CT molecular complexity index is 608. The number of hydrogen-bond donors (Lipinski definition) is 0. The minimum Gasteiger partial charge on any atom is -0.428 e. The van der Waals surface area contributed by atoms with Gasteiger partial charge in [-0.15, -0.1) is 0 Å². The fourth-order valence-electron chi connectivity index (χ4n) is 1.48. The third-order valence-corrected chi connectivity index (χ3v) is 2.73. The molecule has 0 saturated carbocycles. The molecule has 0 aliphatic rings. The Morgan fingerprint density at radius 3 is 2.00 bits per heavy atom. The molecule has 1 aromatic carbocycles. The first-order valence-electron chi connectivity index (χ1n) is 6.20. The van der Waals surface area contributed by atoms with Crippen LogP contribution in [0.2, 0.25) is 0 Å². The van der Waals surface area contributed by atoms with Crippen LogP contribution < -0.4 is 4.74 Å².